The lowest BCUT2D eigenvalue weighted by atomic mass is 10.0. The Hall–Kier alpha value is -3.68. The van der Waals surface area contributed by atoms with Gasteiger partial charge in [-0.2, -0.15) is 4.98 Å². The Labute approximate surface area is 174 Å². The molecule has 0 bridgehead atoms. The van der Waals surface area contributed by atoms with Crippen LogP contribution in [0.15, 0.2) is 52.1 Å². The smallest absolute Gasteiger partial charge is 0.273 e. The monoisotopic (exact) mass is 408 g/mol. The van der Waals surface area contributed by atoms with Crippen LogP contribution in [0.5, 0.6) is 5.75 Å². The number of carbonyl (C=O) groups excluding carboxylic acids is 1. The summed E-state index contributed by atoms with van der Waals surface area (Å²) in [7, 11) is 2.95. The van der Waals surface area contributed by atoms with Crippen LogP contribution in [0, 0.1) is 6.92 Å². The molecular formula is C22H24N4O4. The quantitative estimate of drug-likeness (QED) is 0.454. The highest BCUT2D eigenvalue weighted by atomic mass is 16.6. The Kier molecular flexibility index (Phi) is 6.79. The van der Waals surface area contributed by atoms with Crippen LogP contribution >= 0.6 is 0 Å². The van der Waals surface area contributed by atoms with Gasteiger partial charge in [0.2, 0.25) is 11.7 Å². The van der Waals surface area contributed by atoms with Crippen LogP contribution < -0.4 is 10.1 Å². The summed E-state index contributed by atoms with van der Waals surface area (Å²) in [5, 5.41) is 10.5. The van der Waals surface area contributed by atoms with E-state index < -0.39 is 0 Å². The molecule has 1 heterocycles. The largest absolute Gasteiger partial charge is 0.489 e. The van der Waals surface area contributed by atoms with Crippen LogP contribution in [0.25, 0.3) is 11.4 Å². The van der Waals surface area contributed by atoms with E-state index in [2.05, 4.69) is 20.6 Å². The van der Waals surface area contributed by atoms with Gasteiger partial charge in [-0.3, -0.25) is 4.79 Å². The molecule has 30 heavy (non-hydrogen) atoms. The predicted molar refractivity (Wildman–Crippen MR) is 112 cm³/mol. The molecule has 156 valence electrons. The van der Waals surface area contributed by atoms with Crippen LogP contribution in [-0.2, 0) is 22.7 Å². The van der Waals surface area contributed by atoms with E-state index in [1.54, 1.807) is 7.05 Å². The van der Waals surface area contributed by atoms with Crippen molar-refractivity contribution in [3.8, 4) is 17.1 Å². The second kappa shape index (κ2) is 9.69. The van der Waals surface area contributed by atoms with E-state index in [1.807, 2.05) is 56.3 Å². The molecule has 2 aromatic carbocycles. The molecule has 0 fully saturated rings. The second-order valence-corrected chi connectivity index (χ2v) is 6.49. The van der Waals surface area contributed by atoms with Gasteiger partial charge in [-0.05, 0) is 36.2 Å². The van der Waals surface area contributed by atoms with Crippen molar-refractivity contribution in [1.82, 2.24) is 15.5 Å². The van der Waals surface area contributed by atoms with Crippen molar-refractivity contribution in [2.45, 2.75) is 26.9 Å². The molecule has 0 spiro atoms. The minimum atomic E-state index is -0.337. The Bertz CT molecular complexity index is 1060. The molecule has 0 aliphatic heterocycles. The molecule has 0 unspecified atom stereocenters. The normalized spacial score (nSPS) is 11.3. The average Bonchev–Trinajstić information content (AvgIpc) is 3.26. The van der Waals surface area contributed by atoms with E-state index in [4.69, 9.17) is 14.1 Å². The van der Waals surface area contributed by atoms with Gasteiger partial charge in [-0.25, -0.2) is 0 Å². The van der Waals surface area contributed by atoms with Gasteiger partial charge < -0.3 is 19.4 Å². The Balaban J connectivity index is 1.81. The number of amides is 1. The van der Waals surface area contributed by atoms with Crippen molar-refractivity contribution < 1.29 is 18.9 Å². The first kappa shape index (κ1) is 21.0. The number of oxime groups is 1. The van der Waals surface area contributed by atoms with E-state index in [0.29, 0.717) is 23.7 Å². The van der Waals surface area contributed by atoms with Crippen molar-refractivity contribution >= 4 is 11.6 Å². The molecule has 0 radical (unpaired) electrons. The molecule has 8 heteroatoms. The Morgan fingerprint density at radius 3 is 2.70 bits per heavy atom. The number of ether oxygens (including phenoxy) is 1. The van der Waals surface area contributed by atoms with E-state index in [9.17, 15) is 4.79 Å². The summed E-state index contributed by atoms with van der Waals surface area (Å²) in [5.74, 6) is 1.54. The number of aryl methyl sites for hydroxylation is 2. The number of aromatic nitrogens is 2. The first-order valence-electron chi connectivity index (χ1n) is 9.55. The molecule has 1 aromatic heterocycles. The van der Waals surface area contributed by atoms with Gasteiger partial charge >= 0.3 is 0 Å². The highest BCUT2D eigenvalue weighted by Gasteiger charge is 2.18. The first-order chi connectivity index (χ1) is 14.6. The minimum Gasteiger partial charge on any atom is -0.489 e. The molecule has 0 aliphatic rings. The summed E-state index contributed by atoms with van der Waals surface area (Å²) >= 11 is 0. The molecule has 3 rings (SSSR count). The summed E-state index contributed by atoms with van der Waals surface area (Å²) in [4.78, 5) is 21.4. The van der Waals surface area contributed by atoms with Gasteiger partial charge in [0.25, 0.3) is 5.91 Å². The van der Waals surface area contributed by atoms with Gasteiger partial charge in [0.1, 0.15) is 19.5 Å². The Morgan fingerprint density at radius 1 is 1.23 bits per heavy atom. The van der Waals surface area contributed by atoms with Crippen molar-refractivity contribution in [3.63, 3.8) is 0 Å². The molecule has 0 saturated heterocycles. The summed E-state index contributed by atoms with van der Waals surface area (Å²) in [6.07, 6.45) is 0.691. The van der Waals surface area contributed by atoms with Crippen molar-refractivity contribution in [1.29, 1.82) is 0 Å². The number of benzene rings is 2. The second-order valence-electron chi connectivity index (χ2n) is 6.49. The SMILES string of the molecule is CCc1nc(-c2ccc(OCc3ccccc3C(=NOC)C(=O)NC)c(C)c2)no1. The lowest BCUT2D eigenvalue weighted by molar-refractivity contribution is -0.114. The van der Waals surface area contributed by atoms with Gasteiger partial charge in [0, 0.05) is 24.6 Å². The van der Waals surface area contributed by atoms with E-state index >= 15 is 0 Å². The van der Waals surface area contributed by atoms with Crippen LogP contribution in [-0.4, -0.2) is 35.9 Å². The number of hydrogen-bond acceptors (Lipinski definition) is 7. The third-order valence-electron chi connectivity index (χ3n) is 4.48. The minimum absolute atomic E-state index is 0.190. The number of carbonyl (C=O) groups is 1. The highest BCUT2D eigenvalue weighted by Crippen LogP contribution is 2.26. The topological polar surface area (TPSA) is 98.8 Å². The van der Waals surface area contributed by atoms with Gasteiger partial charge in [0.15, 0.2) is 5.71 Å². The summed E-state index contributed by atoms with van der Waals surface area (Å²) in [6, 6.07) is 13.1. The summed E-state index contributed by atoms with van der Waals surface area (Å²) in [6.45, 7) is 4.18. The van der Waals surface area contributed by atoms with E-state index in [-0.39, 0.29) is 18.2 Å². The molecule has 1 N–H and O–H groups in total. The lowest BCUT2D eigenvalue weighted by Crippen LogP contribution is -2.29. The fourth-order valence-corrected chi connectivity index (χ4v) is 2.92. The summed E-state index contributed by atoms with van der Waals surface area (Å²) in [5.41, 5.74) is 3.44. The fraction of sp³-hybridized carbons (Fsp3) is 0.273. The van der Waals surface area contributed by atoms with Crippen molar-refractivity contribution in [3.05, 3.63) is 65.0 Å². The molecular weight excluding hydrogens is 384 g/mol. The van der Waals surface area contributed by atoms with Crippen molar-refractivity contribution in [2.75, 3.05) is 14.2 Å². The number of nitrogens with one attached hydrogen (secondary N) is 1. The summed E-state index contributed by atoms with van der Waals surface area (Å²) < 4.78 is 11.2. The van der Waals surface area contributed by atoms with E-state index in [1.165, 1.54) is 7.11 Å². The molecule has 0 atom stereocenters. The van der Waals surface area contributed by atoms with Gasteiger partial charge in [0.05, 0.1) is 0 Å². The standard InChI is InChI=1S/C22H24N4O4/c1-5-19-24-21(26-30-19)15-10-11-18(14(2)12-15)29-13-16-8-6-7-9-17(16)20(25-28-4)22(27)23-3/h6-12H,5,13H2,1-4H3,(H,23,27). The average molecular weight is 408 g/mol. The van der Waals surface area contributed by atoms with Crippen LogP contribution in [0.4, 0.5) is 0 Å². The molecule has 1 amide bonds. The van der Waals surface area contributed by atoms with Crippen LogP contribution in [0.3, 0.4) is 0 Å². The predicted octanol–water partition coefficient (Wildman–Crippen LogP) is 3.28. The number of likely N-dealkylation sites (N-methyl/N-ethyl adjacent to an activating group) is 1. The molecule has 0 aliphatic carbocycles. The molecule has 3 aromatic rings. The zero-order valence-electron chi connectivity index (χ0n) is 17.4. The molecule has 0 saturated carbocycles. The third kappa shape index (κ3) is 4.65. The number of rotatable bonds is 8. The zero-order chi connectivity index (χ0) is 21.5. The van der Waals surface area contributed by atoms with Crippen molar-refractivity contribution in [2.24, 2.45) is 5.16 Å². The zero-order valence-corrected chi connectivity index (χ0v) is 17.4. The fourth-order valence-electron chi connectivity index (χ4n) is 2.92. The van der Waals surface area contributed by atoms with Gasteiger partial charge in [-0.1, -0.05) is 41.5 Å². The van der Waals surface area contributed by atoms with Gasteiger partial charge in [-0.15, -0.1) is 0 Å². The van der Waals surface area contributed by atoms with Crippen LogP contribution in [0.1, 0.15) is 29.5 Å². The maximum Gasteiger partial charge on any atom is 0.273 e. The maximum atomic E-state index is 12.2. The third-order valence-corrected chi connectivity index (χ3v) is 4.48. The van der Waals surface area contributed by atoms with Crippen LogP contribution in [0.2, 0.25) is 0 Å². The maximum absolute atomic E-state index is 12.2. The van der Waals surface area contributed by atoms with E-state index in [0.717, 1.165) is 22.4 Å². The molecule has 8 nitrogen and oxygen atoms in total. The highest BCUT2D eigenvalue weighted by molar-refractivity contribution is 6.45. The first-order valence-corrected chi connectivity index (χ1v) is 9.55. The number of hydrogen-bond donors (Lipinski definition) is 1. The lowest BCUT2D eigenvalue weighted by Gasteiger charge is -2.13. The number of nitrogens with zero attached hydrogens (tertiary/aromatic N) is 3. The Morgan fingerprint density at radius 2 is 2.03 bits per heavy atom.